The molecule has 1 N–H and O–H groups in total. The summed E-state index contributed by atoms with van der Waals surface area (Å²) in [7, 11) is 1.62. The molecular weight excluding hydrogens is 236 g/mol. The smallest absolute Gasteiger partial charge is 0.119 e. The van der Waals surface area contributed by atoms with Gasteiger partial charge in [0.1, 0.15) is 5.75 Å². The third-order valence-corrected chi connectivity index (χ3v) is 2.89. The van der Waals surface area contributed by atoms with Crippen LogP contribution in [0.5, 0.6) is 5.75 Å². The molecule has 0 amide bonds. The minimum absolute atomic E-state index is 0.00194. The van der Waals surface area contributed by atoms with Gasteiger partial charge in [-0.2, -0.15) is 0 Å². The van der Waals surface area contributed by atoms with Crippen LogP contribution in [0.4, 0.5) is 0 Å². The Morgan fingerprint density at radius 3 is 2.41 bits per heavy atom. The molecule has 2 nitrogen and oxygen atoms in total. The van der Waals surface area contributed by atoms with Crippen LogP contribution in [0.15, 0.2) is 42.5 Å². The minimum Gasteiger partial charge on any atom is -0.497 e. The van der Waals surface area contributed by atoms with E-state index in [-0.39, 0.29) is 6.61 Å². The number of hydrogen-bond donors (Lipinski definition) is 1. The van der Waals surface area contributed by atoms with Crippen molar-refractivity contribution >= 4 is 11.6 Å². The largest absolute Gasteiger partial charge is 0.497 e. The molecule has 0 atom stereocenters. The van der Waals surface area contributed by atoms with Crippen LogP contribution in [0.1, 0.15) is 5.56 Å². The van der Waals surface area contributed by atoms with E-state index < -0.39 is 0 Å². The highest BCUT2D eigenvalue weighted by Crippen LogP contribution is 2.29. The molecule has 2 rings (SSSR count). The highest BCUT2D eigenvalue weighted by molar-refractivity contribution is 6.30. The summed E-state index contributed by atoms with van der Waals surface area (Å²) in [6, 6.07) is 13.1. The summed E-state index contributed by atoms with van der Waals surface area (Å²) < 4.78 is 5.19. The number of ether oxygens (including phenoxy) is 1. The maximum absolute atomic E-state index is 9.33. The van der Waals surface area contributed by atoms with Crippen molar-refractivity contribution in [3.8, 4) is 16.9 Å². The second kappa shape index (κ2) is 5.21. The number of rotatable bonds is 3. The first-order valence-electron chi connectivity index (χ1n) is 5.28. The third-order valence-electron chi connectivity index (χ3n) is 2.64. The fraction of sp³-hybridized carbons (Fsp3) is 0.143. The lowest BCUT2D eigenvalue weighted by atomic mass is 10.00. The van der Waals surface area contributed by atoms with Gasteiger partial charge in [0.05, 0.1) is 13.7 Å². The standard InChI is InChI=1S/C14H13ClO2/c1-17-13-7-4-11(9-16)14(8-13)10-2-5-12(15)6-3-10/h2-8,16H,9H2,1H3. The number of methoxy groups -OCH3 is 1. The zero-order chi connectivity index (χ0) is 12.3. The summed E-state index contributed by atoms with van der Waals surface area (Å²) in [6.45, 7) is 0.00194. The van der Waals surface area contributed by atoms with Gasteiger partial charge in [-0.25, -0.2) is 0 Å². The number of aliphatic hydroxyl groups excluding tert-OH is 1. The van der Waals surface area contributed by atoms with Gasteiger partial charge in [0.15, 0.2) is 0 Å². The summed E-state index contributed by atoms with van der Waals surface area (Å²) in [5.41, 5.74) is 2.84. The molecule has 17 heavy (non-hydrogen) atoms. The maximum atomic E-state index is 9.33. The average Bonchev–Trinajstić information content (AvgIpc) is 2.39. The van der Waals surface area contributed by atoms with E-state index in [1.807, 2.05) is 42.5 Å². The molecule has 0 unspecified atom stereocenters. The predicted octanol–water partition coefficient (Wildman–Crippen LogP) is 3.51. The van der Waals surface area contributed by atoms with Gasteiger partial charge in [0.25, 0.3) is 0 Å². The summed E-state index contributed by atoms with van der Waals surface area (Å²) >= 11 is 5.86. The van der Waals surface area contributed by atoms with Crippen molar-refractivity contribution in [2.45, 2.75) is 6.61 Å². The van der Waals surface area contributed by atoms with E-state index in [1.54, 1.807) is 7.11 Å². The Labute approximate surface area is 105 Å². The number of halogens is 1. The Kier molecular flexibility index (Phi) is 3.67. The fourth-order valence-electron chi connectivity index (χ4n) is 1.72. The molecule has 0 heterocycles. The highest BCUT2D eigenvalue weighted by atomic mass is 35.5. The molecule has 0 aliphatic carbocycles. The number of benzene rings is 2. The van der Waals surface area contributed by atoms with Crippen LogP contribution in [0, 0.1) is 0 Å². The Morgan fingerprint density at radius 1 is 1.12 bits per heavy atom. The van der Waals surface area contributed by atoms with E-state index in [0.717, 1.165) is 22.4 Å². The van der Waals surface area contributed by atoms with Crippen molar-refractivity contribution in [3.63, 3.8) is 0 Å². The molecule has 0 spiro atoms. The normalized spacial score (nSPS) is 10.3. The Hall–Kier alpha value is -1.51. The molecule has 0 aromatic heterocycles. The Balaban J connectivity index is 2.51. The van der Waals surface area contributed by atoms with E-state index in [4.69, 9.17) is 16.3 Å². The molecule has 0 saturated carbocycles. The third kappa shape index (κ3) is 2.60. The first kappa shape index (κ1) is 12.0. The number of aliphatic hydroxyl groups is 1. The van der Waals surface area contributed by atoms with Crippen LogP contribution in [0.3, 0.4) is 0 Å². The van der Waals surface area contributed by atoms with Gasteiger partial charge in [0.2, 0.25) is 0 Å². The zero-order valence-corrected chi connectivity index (χ0v) is 10.2. The molecule has 0 aliphatic heterocycles. The quantitative estimate of drug-likeness (QED) is 0.901. The van der Waals surface area contributed by atoms with Crippen LogP contribution in [-0.4, -0.2) is 12.2 Å². The molecule has 0 fully saturated rings. The van der Waals surface area contributed by atoms with Crippen LogP contribution < -0.4 is 4.74 Å². The van der Waals surface area contributed by atoms with Crippen molar-refractivity contribution < 1.29 is 9.84 Å². The van der Waals surface area contributed by atoms with E-state index in [1.165, 1.54) is 0 Å². The lowest BCUT2D eigenvalue weighted by Gasteiger charge is -2.10. The highest BCUT2D eigenvalue weighted by Gasteiger charge is 2.06. The van der Waals surface area contributed by atoms with E-state index >= 15 is 0 Å². The van der Waals surface area contributed by atoms with Gasteiger partial charge in [-0.05, 0) is 41.0 Å². The monoisotopic (exact) mass is 248 g/mol. The van der Waals surface area contributed by atoms with Gasteiger partial charge in [-0.3, -0.25) is 0 Å². The molecule has 0 aliphatic rings. The van der Waals surface area contributed by atoms with E-state index in [0.29, 0.717) is 5.02 Å². The van der Waals surface area contributed by atoms with Gasteiger partial charge in [-0.1, -0.05) is 29.8 Å². The van der Waals surface area contributed by atoms with Gasteiger partial charge < -0.3 is 9.84 Å². The summed E-state index contributed by atoms with van der Waals surface area (Å²) in [5, 5.41) is 10.0. The van der Waals surface area contributed by atoms with Gasteiger partial charge in [-0.15, -0.1) is 0 Å². The van der Waals surface area contributed by atoms with Crippen molar-refractivity contribution in [1.82, 2.24) is 0 Å². The minimum atomic E-state index is 0.00194. The average molecular weight is 249 g/mol. The molecule has 0 saturated heterocycles. The first-order valence-corrected chi connectivity index (χ1v) is 5.66. The lowest BCUT2D eigenvalue weighted by molar-refractivity contribution is 0.282. The molecule has 3 heteroatoms. The summed E-state index contributed by atoms with van der Waals surface area (Å²) in [6.07, 6.45) is 0. The van der Waals surface area contributed by atoms with E-state index in [9.17, 15) is 5.11 Å². The molecular formula is C14H13ClO2. The maximum Gasteiger partial charge on any atom is 0.119 e. The second-order valence-corrected chi connectivity index (χ2v) is 4.12. The molecule has 2 aromatic carbocycles. The summed E-state index contributed by atoms with van der Waals surface area (Å²) in [5.74, 6) is 0.771. The Morgan fingerprint density at radius 2 is 1.82 bits per heavy atom. The zero-order valence-electron chi connectivity index (χ0n) is 9.48. The lowest BCUT2D eigenvalue weighted by Crippen LogP contribution is -1.91. The van der Waals surface area contributed by atoms with Crippen molar-refractivity contribution in [3.05, 3.63) is 53.1 Å². The fourth-order valence-corrected chi connectivity index (χ4v) is 1.84. The number of hydrogen-bond acceptors (Lipinski definition) is 2. The first-order chi connectivity index (χ1) is 8.24. The van der Waals surface area contributed by atoms with Crippen molar-refractivity contribution in [1.29, 1.82) is 0 Å². The Bertz CT molecular complexity index is 506. The van der Waals surface area contributed by atoms with Gasteiger partial charge in [0, 0.05) is 5.02 Å². The van der Waals surface area contributed by atoms with Crippen LogP contribution in [0.2, 0.25) is 5.02 Å². The predicted molar refractivity (Wildman–Crippen MR) is 69.4 cm³/mol. The molecule has 0 radical (unpaired) electrons. The summed E-state index contributed by atoms with van der Waals surface area (Å²) in [4.78, 5) is 0. The van der Waals surface area contributed by atoms with Crippen LogP contribution >= 0.6 is 11.6 Å². The SMILES string of the molecule is COc1ccc(CO)c(-c2ccc(Cl)cc2)c1. The second-order valence-electron chi connectivity index (χ2n) is 3.69. The van der Waals surface area contributed by atoms with Crippen molar-refractivity contribution in [2.24, 2.45) is 0 Å². The van der Waals surface area contributed by atoms with Crippen LogP contribution in [-0.2, 0) is 6.61 Å². The van der Waals surface area contributed by atoms with E-state index in [2.05, 4.69) is 0 Å². The van der Waals surface area contributed by atoms with Crippen molar-refractivity contribution in [2.75, 3.05) is 7.11 Å². The molecule has 88 valence electrons. The van der Waals surface area contributed by atoms with Gasteiger partial charge >= 0.3 is 0 Å². The molecule has 0 bridgehead atoms. The van der Waals surface area contributed by atoms with Crippen LogP contribution in [0.25, 0.3) is 11.1 Å². The topological polar surface area (TPSA) is 29.5 Å². The molecule has 2 aromatic rings.